The summed E-state index contributed by atoms with van der Waals surface area (Å²) in [6.45, 7) is 6.04. The molecule has 27 heavy (non-hydrogen) atoms. The highest BCUT2D eigenvalue weighted by Crippen LogP contribution is 2.33. The van der Waals surface area contributed by atoms with Crippen molar-refractivity contribution < 1.29 is 14.1 Å². The predicted molar refractivity (Wildman–Crippen MR) is 98.6 cm³/mol. The van der Waals surface area contributed by atoms with Crippen molar-refractivity contribution in [3.05, 3.63) is 58.9 Å². The number of amides is 1. The largest absolute Gasteiger partial charge is 0.488 e. The van der Waals surface area contributed by atoms with Crippen molar-refractivity contribution >= 4 is 5.91 Å². The number of carbonyl (C=O) groups excluding carboxylic acids is 1. The molecule has 3 heterocycles. The second kappa shape index (κ2) is 6.83. The Morgan fingerprint density at radius 1 is 1.26 bits per heavy atom. The number of ether oxygens (including phenoxy) is 1. The zero-order valence-corrected chi connectivity index (χ0v) is 15.4. The van der Waals surface area contributed by atoms with Gasteiger partial charge in [0.25, 0.3) is 5.91 Å². The van der Waals surface area contributed by atoms with E-state index in [1.165, 1.54) is 0 Å². The Morgan fingerprint density at radius 3 is 2.89 bits per heavy atom. The van der Waals surface area contributed by atoms with Crippen molar-refractivity contribution in [2.45, 2.75) is 33.3 Å². The van der Waals surface area contributed by atoms with Crippen LogP contribution in [-0.2, 0) is 6.42 Å². The normalized spacial score (nSPS) is 15.3. The monoisotopic (exact) mass is 364 g/mol. The van der Waals surface area contributed by atoms with Gasteiger partial charge in [0, 0.05) is 24.2 Å². The maximum Gasteiger partial charge on any atom is 0.273 e. The van der Waals surface area contributed by atoms with Crippen molar-refractivity contribution in [3.63, 3.8) is 0 Å². The maximum atomic E-state index is 12.1. The van der Waals surface area contributed by atoms with Crippen molar-refractivity contribution in [3.8, 4) is 17.0 Å². The molecule has 0 radical (unpaired) electrons. The van der Waals surface area contributed by atoms with Gasteiger partial charge in [0.05, 0.1) is 23.6 Å². The van der Waals surface area contributed by atoms with Crippen LogP contribution in [0.3, 0.4) is 0 Å². The van der Waals surface area contributed by atoms with E-state index in [1.54, 1.807) is 19.2 Å². The van der Waals surface area contributed by atoms with Crippen LogP contribution in [0.5, 0.6) is 5.75 Å². The zero-order valence-electron chi connectivity index (χ0n) is 15.4. The van der Waals surface area contributed by atoms with Crippen LogP contribution in [0.25, 0.3) is 11.3 Å². The molecule has 0 saturated heterocycles. The fourth-order valence-corrected chi connectivity index (χ4v) is 3.16. The molecule has 0 bridgehead atoms. The van der Waals surface area contributed by atoms with E-state index < -0.39 is 0 Å². The smallest absolute Gasteiger partial charge is 0.273 e. The lowest BCUT2D eigenvalue weighted by molar-refractivity contribution is 0.0924. The van der Waals surface area contributed by atoms with Crippen LogP contribution in [0.1, 0.15) is 33.2 Å². The molecule has 1 aliphatic heterocycles. The van der Waals surface area contributed by atoms with E-state index >= 15 is 0 Å². The number of rotatable bonds is 4. The van der Waals surface area contributed by atoms with Gasteiger partial charge in [-0.2, -0.15) is 0 Å². The molecule has 4 rings (SSSR count). The summed E-state index contributed by atoms with van der Waals surface area (Å²) in [5.74, 6) is 1.18. The van der Waals surface area contributed by atoms with Crippen LogP contribution in [0.4, 0.5) is 0 Å². The summed E-state index contributed by atoms with van der Waals surface area (Å²) in [7, 11) is 0. The first-order valence-electron chi connectivity index (χ1n) is 8.81. The van der Waals surface area contributed by atoms with Crippen molar-refractivity contribution in [1.29, 1.82) is 0 Å². The quantitative estimate of drug-likeness (QED) is 0.766. The summed E-state index contributed by atoms with van der Waals surface area (Å²) in [4.78, 5) is 21.1. The highest BCUT2D eigenvalue weighted by Gasteiger charge is 2.24. The molecule has 1 N–H and O–H groups in total. The Bertz CT molecular complexity index is 1010. The number of aryl methyl sites for hydroxylation is 3. The van der Waals surface area contributed by atoms with Gasteiger partial charge in [-0.3, -0.25) is 9.78 Å². The zero-order chi connectivity index (χ0) is 19.0. The molecule has 1 unspecified atom stereocenters. The molecule has 1 aliphatic rings. The number of nitrogens with one attached hydrogen (secondary N) is 1. The van der Waals surface area contributed by atoms with Crippen LogP contribution >= 0.6 is 0 Å². The summed E-state index contributed by atoms with van der Waals surface area (Å²) < 4.78 is 10.9. The summed E-state index contributed by atoms with van der Waals surface area (Å²) in [5, 5.41) is 6.56. The second-order valence-corrected chi connectivity index (χ2v) is 6.74. The van der Waals surface area contributed by atoms with Crippen LogP contribution in [0, 0.1) is 20.8 Å². The molecule has 7 nitrogen and oxygen atoms in total. The predicted octanol–water partition coefficient (Wildman–Crippen LogP) is 2.79. The lowest BCUT2D eigenvalue weighted by Gasteiger charge is -2.10. The van der Waals surface area contributed by atoms with E-state index in [2.05, 4.69) is 26.5 Å². The standard InChI is InChI=1S/C20H20N4O3/c1-11-9-21-13(3)19(23-11)14-4-5-18-15(7-14)8-16(26-18)10-22-20(25)17-6-12(2)27-24-17/h4-7,9,16H,8,10H2,1-3H3,(H,22,25). The van der Waals surface area contributed by atoms with E-state index in [-0.39, 0.29) is 17.7 Å². The Morgan fingerprint density at radius 2 is 2.11 bits per heavy atom. The number of benzene rings is 1. The first kappa shape index (κ1) is 17.2. The minimum atomic E-state index is -0.266. The summed E-state index contributed by atoms with van der Waals surface area (Å²) in [6, 6.07) is 7.65. The highest BCUT2D eigenvalue weighted by atomic mass is 16.5. The van der Waals surface area contributed by atoms with E-state index in [1.807, 2.05) is 26.0 Å². The fourth-order valence-electron chi connectivity index (χ4n) is 3.16. The minimum absolute atomic E-state index is 0.114. The minimum Gasteiger partial charge on any atom is -0.488 e. The van der Waals surface area contributed by atoms with Gasteiger partial charge in [-0.15, -0.1) is 0 Å². The van der Waals surface area contributed by atoms with Crippen LogP contribution < -0.4 is 10.1 Å². The van der Waals surface area contributed by atoms with Gasteiger partial charge >= 0.3 is 0 Å². The van der Waals surface area contributed by atoms with Crippen molar-refractivity contribution in [2.75, 3.05) is 6.54 Å². The molecule has 2 aromatic heterocycles. The third kappa shape index (κ3) is 3.53. The van der Waals surface area contributed by atoms with Crippen LogP contribution in [-0.4, -0.2) is 33.7 Å². The lowest BCUT2D eigenvalue weighted by atomic mass is 10.0. The molecule has 0 aliphatic carbocycles. The molecule has 138 valence electrons. The van der Waals surface area contributed by atoms with Crippen molar-refractivity contribution in [2.24, 2.45) is 0 Å². The molecule has 0 spiro atoms. The van der Waals surface area contributed by atoms with Gasteiger partial charge in [-0.1, -0.05) is 5.16 Å². The molecule has 1 amide bonds. The Labute approximate surface area is 156 Å². The average Bonchev–Trinajstić information content (AvgIpc) is 3.27. The van der Waals surface area contributed by atoms with Gasteiger partial charge in [-0.05, 0) is 44.5 Å². The lowest BCUT2D eigenvalue weighted by Crippen LogP contribution is -2.34. The average molecular weight is 364 g/mol. The van der Waals surface area contributed by atoms with Gasteiger partial charge in [0.1, 0.15) is 17.6 Å². The first-order chi connectivity index (χ1) is 13.0. The van der Waals surface area contributed by atoms with Gasteiger partial charge in [0.15, 0.2) is 5.69 Å². The molecule has 3 aromatic rings. The summed E-state index contributed by atoms with van der Waals surface area (Å²) >= 11 is 0. The number of nitrogens with zero attached hydrogens (tertiary/aromatic N) is 3. The Hall–Kier alpha value is -3.22. The number of hydrogen-bond acceptors (Lipinski definition) is 6. The molecule has 1 aromatic carbocycles. The molecular formula is C20H20N4O3. The fraction of sp³-hybridized carbons (Fsp3) is 0.300. The SMILES string of the molecule is Cc1cnc(C)c(-c2ccc3c(c2)CC(CNC(=O)c2cc(C)on2)O3)n1. The highest BCUT2D eigenvalue weighted by molar-refractivity contribution is 5.92. The molecule has 0 fully saturated rings. The molecule has 1 atom stereocenters. The number of aromatic nitrogens is 3. The van der Waals surface area contributed by atoms with Gasteiger partial charge in [-0.25, -0.2) is 4.98 Å². The van der Waals surface area contributed by atoms with Crippen molar-refractivity contribution in [1.82, 2.24) is 20.4 Å². The second-order valence-electron chi connectivity index (χ2n) is 6.74. The molecule has 0 saturated carbocycles. The van der Waals surface area contributed by atoms with Gasteiger partial charge in [0.2, 0.25) is 0 Å². The molecular weight excluding hydrogens is 344 g/mol. The third-order valence-corrected chi connectivity index (χ3v) is 4.50. The summed E-state index contributed by atoms with van der Waals surface area (Å²) in [6.07, 6.45) is 2.38. The first-order valence-corrected chi connectivity index (χ1v) is 8.81. The third-order valence-electron chi connectivity index (χ3n) is 4.50. The van der Waals surface area contributed by atoms with Crippen LogP contribution in [0.15, 0.2) is 35.0 Å². The van der Waals surface area contributed by atoms with Gasteiger partial charge < -0.3 is 14.6 Å². The Kier molecular flexibility index (Phi) is 4.35. The van der Waals surface area contributed by atoms with Crippen LogP contribution in [0.2, 0.25) is 0 Å². The van der Waals surface area contributed by atoms with E-state index in [0.717, 1.165) is 40.4 Å². The maximum absolute atomic E-state index is 12.1. The topological polar surface area (TPSA) is 90.1 Å². The summed E-state index contributed by atoms with van der Waals surface area (Å²) in [5.41, 5.74) is 5.07. The number of hydrogen-bond donors (Lipinski definition) is 1. The van der Waals surface area contributed by atoms with E-state index in [0.29, 0.717) is 12.3 Å². The molecule has 7 heteroatoms. The number of fused-ring (bicyclic) bond motifs is 1. The number of carbonyl (C=O) groups is 1. The van der Waals surface area contributed by atoms with E-state index in [9.17, 15) is 4.79 Å². The van der Waals surface area contributed by atoms with E-state index in [4.69, 9.17) is 9.26 Å². The Balaban J connectivity index is 1.44.